The molecule has 2 aliphatic rings. The number of fused-ring (bicyclic) bond motifs is 1. The van der Waals surface area contributed by atoms with E-state index in [9.17, 15) is 4.79 Å². The lowest BCUT2D eigenvalue weighted by molar-refractivity contribution is -0.117. The SMILES string of the molecule is CC1C(=O)Nc2ccc(Br)cc2N1C1CC1. The number of halogens is 1. The van der Waals surface area contributed by atoms with E-state index in [1.165, 1.54) is 12.8 Å². The Morgan fingerprint density at radius 1 is 1.44 bits per heavy atom. The van der Waals surface area contributed by atoms with Crippen molar-refractivity contribution in [2.24, 2.45) is 0 Å². The van der Waals surface area contributed by atoms with Gasteiger partial charge in [0.25, 0.3) is 0 Å². The predicted octanol–water partition coefficient (Wildman–Crippen LogP) is 2.76. The third-order valence-electron chi connectivity index (χ3n) is 3.23. The van der Waals surface area contributed by atoms with Gasteiger partial charge < -0.3 is 10.2 Å². The third-order valence-corrected chi connectivity index (χ3v) is 3.73. The zero-order valence-corrected chi connectivity index (χ0v) is 10.6. The average molecular weight is 281 g/mol. The summed E-state index contributed by atoms with van der Waals surface area (Å²) < 4.78 is 1.06. The van der Waals surface area contributed by atoms with Crippen molar-refractivity contribution in [3.8, 4) is 0 Å². The molecule has 1 amide bonds. The van der Waals surface area contributed by atoms with E-state index in [2.05, 4.69) is 32.2 Å². The van der Waals surface area contributed by atoms with E-state index < -0.39 is 0 Å². The van der Waals surface area contributed by atoms with Crippen LogP contribution in [0.2, 0.25) is 0 Å². The number of nitrogens with zero attached hydrogens (tertiary/aromatic N) is 1. The van der Waals surface area contributed by atoms with Crippen molar-refractivity contribution in [2.45, 2.75) is 31.8 Å². The molecule has 3 nitrogen and oxygen atoms in total. The molecule has 1 fully saturated rings. The highest BCUT2D eigenvalue weighted by Gasteiger charge is 2.39. The number of anilines is 2. The van der Waals surface area contributed by atoms with E-state index in [1.54, 1.807) is 0 Å². The largest absolute Gasteiger partial charge is 0.355 e. The summed E-state index contributed by atoms with van der Waals surface area (Å²) in [5.41, 5.74) is 2.07. The van der Waals surface area contributed by atoms with E-state index in [0.29, 0.717) is 6.04 Å². The fraction of sp³-hybridized carbons (Fsp3) is 0.417. The number of hydrogen-bond donors (Lipinski definition) is 1. The van der Waals surface area contributed by atoms with Crippen LogP contribution in [0.3, 0.4) is 0 Å². The van der Waals surface area contributed by atoms with Crippen molar-refractivity contribution in [3.05, 3.63) is 22.7 Å². The summed E-state index contributed by atoms with van der Waals surface area (Å²) in [5.74, 6) is 0.0988. The average Bonchev–Trinajstić information content (AvgIpc) is 3.05. The molecule has 1 aliphatic heterocycles. The van der Waals surface area contributed by atoms with Crippen LogP contribution in [0.1, 0.15) is 19.8 Å². The highest BCUT2D eigenvalue weighted by atomic mass is 79.9. The summed E-state index contributed by atoms with van der Waals surface area (Å²) in [7, 11) is 0. The van der Waals surface area contributed by atoms with Crippen molar-refractivity contribution in [3.63, 3.8) is 0 Å². The molecule has 0 bridgehead atoms. The first-order valence-electron chi connectivity index (χ1n) is 5.55. The van der Waals surface area contributed by atoms with E-state index in [0.717, 1.165) is 15.8 Å². The number of amides is 1. The third kappa shape index (κ3) is 1.52. The molecular weight excluding hydrogens is 268 g/mol. The first-order valence-corrected chi connectivity index (χ1v) is 6.35. The van der Waals surface area contributed by atoms with Gasteiger partial charge in [0, 0.05) is 10.5 Å². The zero-order chi connectivity index (χ0) is 11.3. The lowest BCUT2D eigenvalue weighted by Gasteiger charge is -2.36. The van der Waals surface area contributed by atoms with Crippen LogP contribution >= 0.6 is 15.9 Å². The molecule has 1 heterocycles. The van der Waals surface area contributed by atoms with E-state index in [1.807, 2.05) is 19.1 Å². The van der Waals surface area contributed by atoms with Gasteiger partial charge >= 0.3 is 0 Å². The predicted molar refractivity (Wildman–Crippen MR) is 67.7 cm³/mol. The number of nitrogens with one attached hydrogen (secondary N) is 1. The molecule has 1 aromatic carbocycles. The summed E-state index contributed by atoms with van der Waals surface area (Å²) in [5, 5.41) is 2.95. The summed E-state index contributed by atoms with van der Waals surface area (Å²) in [6, 6.07) is 6.49. The Hall–Kier alpha value is -1.03. The Morgan fingerprint density at radius 2 is 2.19 bits per heavy atom. The normalized spacial score (nSPS) is 24.0. The first kappa shape index (κ1) is 10.1. The number of rotatable bonds is 1. The van der Waals surface area contributed by atoms with Crippen LogP contribution in [0.25, 0.3) is 0 Å². The molecule has 4 heteroatoms. The molecule has 0 spiro atoms. The smallest absolute Gasteiger partial charge is 0.246 e. The lowest BCUT2D eigenvalue weighted by atomic mass is 10.1. The second-order valence-corrected chi connectivity index (χ2v) is 5.38. The molecule has 84 valence electrons. The second kappa shape index (κ2) is 3.48. The number of hydrogen-bond acceptors (Lipinski definition) is 2. The van der Waals surface area contributed by atoms with Gasteiger partial charge in [-0.15, -0.1) is 0 Å². The van der Waals surface area contributed by atoms with E-state index in [-0.39, 0.29) is 11.9 Å². The summed E-state index contributed by atoms with van der Waals surface area (Å²) in [4.78, 5) is 14.1. The molecule has 0 saturated heterocycles. The van der Waals surface area contributed by atoms with Crippen LogP contribution in [0.5, 0.6) is 0 Å². The van der Waals surface area contributed by atoms with Gasteiger partial charge in [0.15, 0.2) is 0 Å². The van der Waals surface area contributed by atoms with Gasteiger partial charge in [-0.3, -0.25) is 4.79 Å². The highest BCUT2D eigenvalue weighted by molar-refractivity contribution is 9.10. The van der Waals surface area contributed by atoms with Crippen LogP contribution in [0.4, 0.5) is 11.4 Å². The zero-order valence-electron chi connectivity index (χ0n) is 9.03. The Morgan fingerprint density at radius 3 is 2.88 bits per heavy atom. The standard InChI is InChI=1S/C12H13BrN2O/c1-7-12(16)14-10-5-2-8(13)6-11(10)15(7)9-3-4-9/h2,5-7,9H,3-4H2,1H3,(H,14,16). The monoisotopic (exact) mass is 280 g/mol. The van der Waals surface area contributed by atoms with Crippen LogP contribution in [-0.4, -0.2) is 18.0 Å². The molecule has 1 unspecified atom stereocenters. The number of carbonyl (C=O) groups is 1. The van der Waals surface area contributed by atoms with E-state index >= 15 is 0 Å². The summed E-state index contributed by atoms with van der Waals surface area (Å²) >= 11 is 3.48. The molecule has 1 N–H and O–H groups in total. The maximum Gasteiger partial charge on any atom is 0.246 e. The van der Waals surface area contributed by atoms with Crippen molar-refractivity contribution < 1.29 is 4.79 Å². The molecule has 1 atom stereocenters. The quantitative estimate of drug-likeness (QED) is 0.858. The van der Waals surface area contributed by atoms with Gasteiger partial charge in [-0.05, 0) is 38.0 Å². The van der Waals surface area contributed by atoms with Crippen LogP contribution in [0.15, 0.2) is 22.7 Å². The Bertz CT molecular complexity index is 456. The topological polar surface area (TPSA) is 32.3 Å². The van der Waals surface area contributed by atoms with Crippen molar-refractivity contribution in [1.29, 1.82) is 0 Å². The maximum atomic E-state index is 11.8. The van der Waals surface area contributed by atoms with Crippen molar-refractivity contribution in [1.82, 2.24) is 0 Å². The van der Waals surface area contributed by atoms with Crippen LogP contribution in [0, 0.1) is 0 Å². The minimum absolute atomic E-state index is 0.0608. The molecule has 1 saturated carbocycles. The molecule has 3 rings (SSSR count). The van der Waals surface area contributed by atoms with Crippen LogP contribution in [-0.2, 0) is 4.79 Å². The second-order valence-electron chi connectivity index (χ2n) is 4.47. The minimum atomic E-state index is -0.0608. The van der Waals surface area contributed by atoms with E-state index in [4.69, 9.17) is 0 Å². The van der Waals surface area contributed by atoms with Crippen molar-refractivity contribution in [2.75, 3.05) is 10.2 Å². The molecule has 0 radical (unpaired) electrons. The molecule has 1 aromatic rings. The summed E-state index contributed by atoms with van der Waals surface area (Å²) in [6.45, 7) is 1.97. The molecule has 1 aliphatic carbocycles. The molecular formula is C12H13BrN2O. The van der Waals surface area contributed by atoms with Gasteiger partial charge in [-0.2, -0.15) is 0 Å². The Kier molecular flexibility index (Phi) is 2.21. The minimum Gasteiger partial charge on any atom is -0.355 e. The van der Waals surface area contributed by atoms with Gasteiger partial charge in [-0.1, -0.05) is 15.9 Å². The fourth-order valence-electron chi connectivity index (χ4n) is 2.26. The molecule has 0 aromatic heterocycles. The van der Waals surface area contributed by atoms with Gasteiger partial charge in [0.1, 0.15) is 6.04 Å². The van der Waals surface area contributed by atoms with Gasteiger partial charge in [0.05, 0.1) is 11.4 Å². The number of carbonyl (C=O) groups excluding carboxylic acids is 1. The van der Waals surface area contributed by atoms with Gasteiger partial charge in [0.2, 0.25) is 5.91 Å². The number of benzene rings is 1. The van der Waals surface area contributed by atoms with Gasteiger partial charge in [-0.25, -0.2) is 0 Å². The van der Waals surface area contributed by atoms with Crippen LogP contribution < -0.4 is 10.2 Å². The Balaban J connectivity index is 2.10. The highest BCUT2D eigenvalue weighted by Crippen LogP contribution is 2.41. The summed E-state index contributed by atoms with van der Waals surface area (Å²) in [6.07, 6.45) is 2.40. The Labute approximate surface area is 103 Å². The van der Waals surface area contributed by atoms with Crippen molar-refractivity contribution >= 4 is 33.2 Å². The fourth-order valence-corrected chi connectivity index (χ4v) is 2.61. The lowest BCUT2D eigenvalue weighted by Crippen LogP contribution is -2.47. The molecule has 16 heavy (non-hydrogen) atoms. The maximum absolute atomic E-state index is 11.8. The first-order chi connectivity index (χ1) is 7.66.